The van der Waals surface area contributed by atoms with Gasteiger partial charge in [0.15, 0.2) is 18.1 Å². The number of nitrogens with one attached hydrogen (secondary N) is 2. The van der Waals surface area contributed by atoms with Gasteiger partial charge in [0.1, 0.15) is 17.7 Å². The highest BCUT2D eigenvalue weighted by Gasteiger charge is 2.35. The molecule has 11 nitrogen and oxygen atoms in total. The Hall–Kier alpha value is -5.26. The smallest absolute Gasteiger partial charge is 0.258 e. The highest BCUT2D eigenvalue weighted by molar-refractivity contribution is 5.98. The van der Waals surface area contributed by atoms with Gasteiger partial charge >= 0.3 is 0 Å². The van der Waals surface area contributed by atoms with Gasteiger partial charge in [0.05, 0.1) is 24.2 Å². The maximum absolute atomic E-state index is 14.5. The molecule has 4 bridgehead atoms. The molecule has 1 saturated heterocycles. The van der Waals surface area contributed by atoms with E-state index in [4.69, 9.17) is 14.2 Å². The Morgan fingerprint density at radius 2 is 1.88 bits per heavy atom. The molecule has 2 N–H and O–H groups in total. The van der Waals surface area contributed by atoms with E-state index in [1.165, 1.54) is 25.3 Å². The molecule has 0 spiro atoms. The van der Waals surface area contributed by atoms with Gasteiger partial charge in [-0.1, -0.05) is 0 Å². The molecule has 0 saturated carbocycles. The normalized spacial score (nSPS) is 18.9. The minimum absolute atomic E-state index is 0.0523. The molecule has 43 heavy (non-hydrogen) atoms. The standard InChI is InChI=1S/C31H28FN5O6/c1-41-27-5-3-19-13-28(27)42-17-29(38)35-15-18-10-21(32)14-22(11-18)43-26-6-9-37(16-25(26)36-30(19)39)31(40)20-2-4-23-24(12-20)34-8-7-33-23/h2-5,7-8,10-14,25-26H,6,9,15-17H2,1H3,(H,35,38)(H,36,39)/t25-,26+/m0/s1. The molecule has 2 aliphatic rings. The number of fused-ring (bicyclic) bond motifs is 6. The highest BCUT2D eigenvalue weighted by atomic mass is 19.1. The fourth-order valence-electron chi connectivity index (χ4n) is 5.22. The summed E-state index contributed by atoms with van der Waals surface area (Å²) < 4.78 is 31.8. The van der Waals surface area contributed by atoms with Gasteiger partial charge in [-0.25, -0.2) is 4.39 Å². The monoisotopic (exact) mass is 585 g/mol. The van der Waals surface area contributed by atoms with Gasteiger partial charge in [0.25, 0.3) is 17.7 Å². The van der Waals surface area contributed by atoms with Crippen molar-refractivity contribution in [2.24, 2.45) is 0 Å². The Balaban J connectivity index is 1.31. The van der Waals surface area contributed by atoms with E-state index >= 15 is 0 Å². The van der Waals surface area contributed by atoms with E-state index in [1.54, 1.807) is 53.7 Å². The van der Waals surface area contributed by atoms with Crippen LogP contribution in [0.25, 0.3) is 11.0 Å². The first-order valence-corrected chi connectivity index (χ1v) is 13.7. The quantitative estimate of drug-likeness (QED) is 0.367. The second kappa shape index (κ2) is 11.9. The maximum Gasteiger partial charge on any atom is 0.258 e. The topological polar surface area (TPSA) is 132 Å². The fraction of sp³-hybridized carbons (Fsp3) is 0.258. The van der Waals surface area contributed by atoms with Gasteiger partial charge in [-0.3, -0.25) is 24.4 Å². The van der Waals surface area contributed by atoms with E-state index < -0.39 is 29.8 Å². The summed E-state index contributed by atoms with van der Waals surface area (Å²) in [5, 5.41) is 5.69. The largest absolute Gasteiger partial charge is 0.493 e. The number of carbonyl (C=O) groups is 3. The van der Waals surface area contributed by atoms with Gasteiger partial charge in [-0.15, -0.1) is 0 Å². The third-order valence-electron chi connectivity index (χ3n) is 7.36. The second-order valence-corrected chi connectivity index (χ2v) is 10.3. The van der Waals surface area contributed by atoms with Crippen LogP contribution in [-0.2, 0) is 11.3 Å². The van der Waals surface area contributed by atoms with Crippen molar-refractivity contribution < 1.29 is 33.0 Å². The molecule has 4 aromatic rings. The molecule has 3 heterocycles. The Morgan fingerprint density at radius 3 is 2.72 bits per heavy atom. The van der Waals surface area contributed by atoms with Crippen molar-refractivity contribution in [1.82, 2.24) is 25.5 Å². The van der Waals surface area contributed by atoms with Crippen molar-refractivity contribution in [2.75, 3.05) is 26.8 Å². The molecule has 12 heteroatoms. The third-order valence-corrected chi connectivity index (χ3v) is 7.36. The van der Waals surface area contributed by atoms with Gasteiger partial charge in [0.2, 0.25) is 0 Å². The summed E-state index contributed by atoms with van der Waals surface area (Å²) in [5.74, 6) is -0.850. The summed E-state index contributed by atoms with van der Waals surface area (Å²) in [4.78, 5) is 49.7. The molecule has 3 amide bonds. The van der Waals surface area contributed by atoms with Crippen LogP contribution in [0.4, 0.5) is 4.39 Å². The zero-order chi connectivity index (χ0) is 29.9. The van der Waals surface area contributed by atoms with Crippen LogP contribution in [0.1, 0.15) is 32.7 Å². The van der Waals surface area contributed by atoms with Gasteiger partial charge in [-0.2, -0.15) is 0 Å². The summed E-state index contributed by atoms with van der Waals surface area (Å²) in [7, 11) is 1.45. The Kier molecular flexibility index (Phi) is 7.73. The van der Waals surface area contributed by atoms with Crippen molar-refractivity contribution in [3.63, 3.8) is 0 Å². The zero-order valence-electron chi connectivity index (χ0n) is 23.2. The van der Waals surface area contributed by atoms with E-state index in [2.05, 4.69) is 20.6 Å². The lowest BCUT2D eigenvalue weighted by Crippen LogP contribution is -2.58. The number of nitrogens with zero attached hydrogens (tertiary/aromatic N) is 3. The van der Waals surface area contributed by atoms with Gasteiger partial charge in [0, 0.05) is 55.6 Å². The number of aromatic nitrogens is 2. The molecule has 0 radical (unpaired) electrons. The second-order valence-electron chi connectivity index (χ2n) is 10.3. The number of rotatable bonds is 2. The van der Waals surface area contributed by atoms with Crippen LogP contribution in [-0.4, -0.2) is 71.5 Å². The molecule has 3 aromatic carbocycles. The summed E-state index contributed by atoms with van der Waals surface area (Å²) in [6.45, 7) is 0.192. The Labute approximate surface area is 246 Å². The number of ether oxygens (including phenoxy) is 3. The lowest BCUT2D eigenvalue weighted by Gasteiger charge is -2.39. The molecule has 220 valence electrons. The summed E-state index contributed by atoms with van der Waals surface area (Å²) in [5.41, 5.74) is 2.46. The molecular formula is C31H28FN5O6. The Bertz CT molecular complexity index is 1720. The summed E-state index contributed by atoms with van der Waals surface area (Å²) >= 11 is 0. The molecular weight excluding hydrogens is 557 g/mol. The minimum Gasteiger partial charge on any atom is -0.493 e. The van der Waals surface area contributed by atoms with E-state index in [9.17, 15) is 18.8 Å². The van der Waals surface area contributed by atoms with Crippen LogP contribution in [0.3, 0.4) is 0 Å². The van der Waals surface area contributed by atoms with E-state index in [1.807, 2.05) is 0 Å². The number of hydrogen-bond donors (Lipinski definition) is 2. The van der Waals surface area contributed by atoms with Crippen LogP contribution in [0.2, 0.25) is 0 Å². The van der Waals surface area contributed by atoms with Crippen molar-refractivity contribution in [1.29, 1.82) is 0 Å². The number of likely N-dealkylation sites (tertiary alicyclic amines) is 1. The van der Waals surface area contributed by atoms with Crippen molar-refractivity contribution in [2.45, 2.75) is 25.1 Å². The van der Waals surface area contributed by atoms with Crippen LogP contribution in [0.15, 0.2) is 67.0 Å². The molecule has 0 unspecified atom stereocenters. The van der Waals surface area contributed by atoms with E-state index in [0.29, 0.717) is 40.9 Å². The van der Waals surface area contributed by atoms with Crippen molar-refractivity contribution in [3.05, 3.63) is 89.5 Å². The van der Waals surface area contributed by atoms with E-state index in [-0.39, 0.29) is 42.7 Å². The van der Waals surface area contributed by atoms with E-state index in [0.717, 1.165) is 0 Å². The molecule has 1 fully saturated rings. The number of piperidine rings is 1. The number of hydrogen-bond acceptors (Lipinski definition) is 8. The zero-order valence-corrected chi connectivity index (χ0v) is 23.2. The Morgan fingerprint density at radius 1 is 1.05 bits per heavy atom. The first kappa shape index (κ1) is 27.9. The number of benzene rings is 3. The first-order chi connectivity index (χ1) is 20.9. The minimum atomic E-state index is -0.642. The average molecular weight is 586 g/mol. The molecule has 2 atom stereocenters. The number of carbonyl (C=O) groups excluding carboxylic acids is 3. The van der Waals surface area contributed by atoms with Crippen LogP contribution >= 0.6 is 0 Å². The van der Waals surface area contributed by atoms with Gasteiger partial charge < -0.3 is 29.7 Å². The predicted octanol–water partition coefficient (Wildman–Crippen LogP) is 2.88. The van der Waals surface area contributed by atoms with Crippen LogP contribution in [0.5, 0.6) is 17.2 Å². The molecule has 0 aliphatic carbocycles. The van der Waals surface area contributed by atoms with Crippen molar-refractivity contribution in [3.8, 4) is 17.2 Å². The highest BCUT2D eigenvalue weighted by Crippen LogP contribution is 2.29. The van der Waals surface area contributed by atoms with Crippen LogP contribution < -0.4 is 24.8 Å². The third kappa shape index (κ3) is 6.17. The molecule has 1 aromatic heterocycles. The molecule has 6 rings (SSSR count). The first-order valence-electron chi connectivity index (χ1n) is 13.7. The number of amides is 3. The SMILES string of the molecule is COc1ccc2cc1OCC(=O)NCc1cc(F)cc(c1)O[C@@H]1CCN(C(=O)c3ccc4nccnc4c3)C[C@@H]1NC2=O. The number of halogens is 1. The summed E-state index contributed by atoms with van der Waals surface area (Å²) in [6, 6.07) is 13.3. The van der Waals surface area contributed by atoms with Crippen LogP contribution in [0, 0.1) is 5.82 Å². The maximum atomic E-state index is 14.5. The van der Waals surface area contributed by atoms with Crippen molar-refractivity contribution >= 4 is 28.8 Å². The van der Waals surface area contributed by atoms with Gasteiger partial charge in [-0.05, 0) is 54.1 Å². The summed E-state index contributed by atoms with van der Waals surface area (Å²) in [6.07, 6.45) is 2.93. The number of methoxy groups -OCH3 is 1. The fourth-order valence-corrected chi connectivity index (χ4v) is 5.22. The average Bonchev–Trinajstić information content (AvgIpc) is 3.02. The lowest BCUT2D eigenvalue weighted by molar-refractivity contribution is -0.123. The lowest BCUT2D eigenvalue weighted by atomic mass is 9.99. The predicted molar refractivity (Wildman–Crippen MR) is 152 cm³/mol. The molecule has 2 aliphatic heterocycles.